The Bertz CT molecular complexity index is 663. The lowest BCUT2D eigenvalue weighted by Crippen LogP contribution is -2.42. The molecule has 1 unspecified atom stereocenters. The van der Waals surface area contributed by atoms with Gasteiger partial charge in [-0.1, -0.05) is 15.9 Å². The Morgan fingerprint density at radius 2 is 2.14 bits per heavy atom. The molecule has 1 atom stereocenters. The largest absolute Gasteiger partial charge is 0.466 e. The Hall–Kier alpha value is -0.440. The molecular formula is C14H17Br2NO4S. The second-order valence-electron chi connectivity index (χ2n) is 5.03. The summed E-state index contributed by atoms with van der Waals surface area (Å²) in [5, 5.41) is 0. The lowest BCUT2D eigenvalue weighted by atomic mass is 10.0. The SMILES string of the molecule is CCOC(=O)C1CCCN(S(=O)(=O)c2ccc(Br)cc2Br)C1. The monoisotopic (exact) mass is 453 g/mol. The fraction of sp³-hybridized carbons (Fsp3) is 0.500. The van der Waals surface area contributed by atoms with Gasteiger partial charge in [-0.05, 0) is 53.9 Å². The van der Waals surface area contributed by atoms with Gasteiger partial charge in [0.15, 0.2) is 0 Å². The van der Waals surface area contributed by atoms with Crippen LogP contribution in [0.25, 0.3) is 0 Å². The van der Waals surface area contributed by atoms with Crippen molar-refractivity contribution in [3.05, 3.63) is 27.1 Å². The molecule has 0 amide bonds. The number of hydrogen-bond donors (Lipinski definition) is 0. The Labute approximate surface area is 147 Å². The number of piperidine rings is 1. The Morgan fingerprint density at radius 3 is 2.77 bits per heavy atom. The van der Waals surface area contributed by atoms with Crippen molar-refractivity contribution >= 4 is 47.9 Å². The van der Waals surface area contributed by atoms with Crippen molar-refractivity contribution < 1.29 is 17.9 Å². The molecule has 1 fully saturated rings. The predicted molar refractivity (Wildman–Crippen MR) is 90.0 cm³/mol. The summed E-state index contributed by atoms with van der Waals surface area (Å²) in [6, 6.07) is 4.93. The highest BCUT2D eigenvalue weighted by Crippen LogP contribution is 2.30. The fourth-order valence-corrected chi connectivity index (χ4v) is 5.67. The van der Waals surface area contributed by atoms with E-state index >= 15 is 0 Å². The second-order valence-corrected chi connectivity index (χ2v) is 8.71. The number of nitrogens with zero attached hydrogens (tertiary/aromatic N) is 1. The number of rotatable bonds is 4. The van der Waals surface area contributed by atoms with E-state index in [1.807, 2.05) is 0 Å². The number of hydrogen-bond acceptors (Lipinski definition) is 4. The van der Waals surface area contributed by atoms with Crippen molar-refractivity contribution in [1.29, 1.82) is 0 Å². The third kappa shape index (κ3) is 3.90. The van der Waals surface area contributed by atoms with Crippen LogP contribution in [0.5, 0.6) is 0 Å². The Morgan fingerprint density at radius 1 is 1.41 bits per heavy atom. The first kappa shape index (κ1) is 17.9. The highest BCUT2D eigenvalue weighted by molar-refractivity contribution is 9.11. The molecule has 5 nitrogen and oxygen atoms in total. The first-order valence-electron chi connectivity index (χ1n) is 6.98. The number of ether oxygens (including phenoxy) is 1. The fourth-order valence-electron chi connectivity index (χ4n) is 2.44. The van der Waals surface area contributed by atoms with Crippen molar-refractivity contribution in [3.63, 3.8) is 0 Å². The molecule has 8 heteroatoms. The van der Waals surface area contributed by atoms with E-state index < -0.39 is 15.9 Å². The van der Waals surface area contributed by atoms with Gasteiger partial charge in [0.25, 0.3) is 0 Å². The minimum absolute atomic E-state index is 0.170. The summed E-state index contributed by atoms with van der Waals surface area (Å²) in [6.45, 7) is 2.64. The first-order chi connectivity index (χ1) is 10.4. The molecule has 122 valence electrons. The molecule has 1 heterocycles. The molecule has 0 saturated carbocycles. The molecule has 22 heavy (non-hydrogen) atoms. The van der Waals surface area contributed by atoms with Crippen LogP contribution in [0.1, 0.15) is 19.8 Å². The van der Waals surface area contributed by atoms with Gasteiger partial charge in [0.2, 0.25) is 10.0 Å². The van der Waals surface area contributed by atoms with Gasteiger partial charge in [0.05, 0.1) is 17.4 Å². The van der Waals surface area contributed by atoms with Gasteiger partial charge < -0.3 is 4.74 Å². The van der Waals surface area contributed by atoms with Crippen molar-refractivity contribution in [2.75, 3.05) is 19.7 Å². The molecule has 1 aliphatic heterocycles. The molecular weight excluding hydrogens is 438 g/mol. The Balaban J connectivity index is 2.23. The minimum atomic E-state index is -3.63. The van der Waals surface area contributed by atoms with Crippen molar-refractivity contribution in [2.24, 2.45) is 5.92 Å². The maximum absolute atomic E-state index is 12.8. The molecule has 1 aromatic rings. The van der Waals surface area contributed by atoms with E-state index in [0.717, 1.165) is 4.47 Å². The molecule has 0 spiro atoms. The zero-order valence-electron chi connectivity index (χ0n) is 12.1. The normalized spacial score (nSPS) is 19.9. The van der Waals surface area contributed by atoms with Crippen LogP contribution >= 0.6 is 31.9 Å². The molecule has 2 rings (SSSR count). The van der Waals surface area contributed by atoms with Gasteiger partial charge in [0.1, 0.15) is 0 Å². The lowest BCUT2D eigenvalue weighted by Gasteiger charge is -2.30. The van der Waals surface area contributed by atoms with Gasteiger partial charge in [0, 0.05) is 22.0 Å². The van der Waals surface area contributed by atoms with E-state index in [2.05, 4.69) is 31.9 Å². The van der Waals surface area contributed by atoms with Crippen molar-refractivity contribution in [1.82, 2.24) is 4.31 Å². The highest BCUT2D eigenvalue weighted by atomic mass is 79.9. The molecule has 1 aromatic carbocycles. The van der Waals surface area contributed by atoms with Gasteiger partial charge in [-0.25, -0.2) is 8.42 Å². The summed E-state index contributed by atoms with van der Waals surface area (Å²) in [5.41, 5.74) is 0. The topological polar surface area (TPSA) is 63.7 Å². The summed E-state index contributed by atoms with van der Waals surface area (Å²) in [6.07, 6.45) is 1.31. The second kappa shape index (κ2) is 7.42. The summed E-state index contributed by atoms with van der Waals surface area (Å²) in [4.78, 5) is 12.1. The number of esters is 1. The molecule has 1 aliphatic rings. The number of halogens is 2. The molecule has 0 bridgehead atoms. The molecule has 0 aliphatic carbocycles. The molecule has 1 saturated heterocycles. The van der Waals surface area contributed by atoms with Gasteiger partial charge in [-0.3, -0.25) is 4.79 Å². The Kier molecular flexibility index (Phi) is 6.04. The van der Waals surface area contributed by atoms with Gasteiger partial charge in [-0.2, -0.15) is 4.31 Å². The summed E-state index contributed by atoms with van der Waals surface area (Å²) in [7, 11) is -3.63. The van der Waals surface area contributed by atoms with E-state index in [9.17, 15) is 13.2 Å². The predicted octanol–water partition coefficient (Wildman–Crippen LogP) is 3.18. The third-order valence-electron chi connectivity index (χ3n) is 3.52. The lowest BCUT2D eigenvalue weighted by molar-refractivity contribution is -0.149. The average Bonchev–Trinajstić information content (AvgIpc) is 2.47. The number of carbonyl (C=O) groups excluding carboxylic acids is 1. The summed E-state index contributed by atoms with van der Waals surface area (Å²) in [5.74, 6) is -0.713. The number of sulfonamides is 1. The van der Waals surface area contributed by atoms with Crippen LogP contribution in [0.15, 0.2) is 32.0 Å². The first-order valence-corrected chi connectivity index (χ1v) is 10.0. The van der Waals surface area contributed by atoms with Crippen molar-refractivity contribution in [3.8, 4) is 0 Å². The zero-order chi connectivity index (χ0) is 16.3. The van der Waals surface area contributed by atoms with E-state index in [-0.39, 0.29) is 17.4 Å². The van der Waals surface area contributed by atoms with Crippen LogP contribution in [0.4, 0.5) is 0 Å². The van der Waals surface area contributed by atoms with Crippen LogP contribution < -0.4 is 0 Å². The van der Waals surface area contributed by atoms with Crippen LogP contribution in [0.3, 0.4) is 0 Å². The molecule has 0 aromatic heterocycles. The van der Waals surface area contributed by atoms with E-state index in [1.165, 1.54) is 4.31 Å². The van der Waals surface area contributed by atoms with E-state index in [4.69, 9.17) is 4.74 Å². The van der Waals surface area contributed by atoms with Crippen LogP contribution in [-0.4, -0.2) is 38.4 Å². The smallest absolute Gasteiger partial charge is 0.310 e. The summed E-state index contributed by atoms with van der Waals surface area (Å²) >= 11 is 6.60. The third-order valence-corrected chi connectivity index (χ3v) is 6.85. The van der Waals surface area contributed by atoms with Crippen LogP contribution in [0.2, 0.25) is 0 Å². The number of carbonyl (C=O) groups is 1. The van der Waals surface area contributed by atoms with Crippen molar-refractivity contribution in [2.45, 2.75) is 24.7 Å². The van der Waals surface area contributed by atoms with Crippen LogP contribution in [0, 0.1) is 5.92 Å². The quantitative estimate of drug-likeness (QED) is 0.655. The molecule has 0 N–H and O–H groups in total. The maximum atomic E-state index is 12.8. The summed E-state index contributed by atoms with van der Waals surface area (Å²) < 4.78 is 33.2. The number of benzene rings is 1. The standard InChI is InChI=1S/C14H17Br2NO4S/c1-2-21-14(18)10-4-3-7-17(9-10)22(19,20)13-6-5-11(15)8-12(13)16/h5-6,8,10H,2-4,7,9H2,1H3. The van der Waals surface area contributed by atoms with Gasteiger partial charge in [-0.15, -0.1) is 0 Å². The van der Waals surface area contributed by atoms with E-state index in [1.54, 1.807) is 25.1 Å². The average molecular weight is 455 g/mol. The van der Waals surface area contributed by atoms with E-state index in [0.29, 0.717) is 30.5 Å². The minimum Gasteiger partial charge on any atom is -0.466 e. The zero-order valence-corrected chi connectivity index (χ0v) is 16.1. The van der Waals surface area contributed by atoms with Crippen LogP contribution in [-0.2, 0) is 19.6 Å². The highest BCUT2D eigenvalue weighted by Gasteiger charge is 2.34. The van der Waals surface area contributed by atoms with Gasteiger partial charge >= 0.3 is 5.97 Å². The maximum Gasteiger partial charge on any atom is 0.310 e. The molecule has 0 radical (unpaired) electrons.